The minimum atomic E-state index is -0.187. The zero-order valence-corrected chi connectivity index (χ0v) is 11.1. The summed E-state index contributed by atoms with van der Waals surface area (Å²) < 4.78 is 0. The third kappa shape index (κ3) is 2.00. The van der Waals surface area contributed by atoms with Crippen LogP contribution in [0.2, 0.25) is 5.02 Å². The van der Waals surface area contributed by atoms with Crippen molar-refractivity contribution in [3.63, 3.8) is 0 Å². The van der Waals surface area contributed by atoms with Gasteiger partial charge in [-0.1, -0.05) is 36.9 Å². The molecule has 0 atom stereocenters. The van der Waals surface area contributed by atoms with Gasteiger partial charge in [-0.15, -0.1) is 0 Å². The summed E-state index contributed by atoms with van der Waals surface area (Å²) in [6, 6.07) is 7.94. The maximum Gasteiger partial charge on any atom is 0.0720 e. The normalized spacial score (nSPS) is 19.0. The van der Waals surface area contributed by atoms with Crippen molar-refractivity contribution in [1.29, 1.82) is 0 Å². The topological polar surface area (TPSA) is 38.9 Å². The van der Waals surface area contributed by atoms with Gasteiger partial charge in [-0.25, -0.2) is 0 Å². The molecule has 18 heavy (non-hydrogen) atoms. The second-order valence-corrected chi connectivity index (χ2v) is 5.67. The molecule has 0 bridgehead atoms. The highest BCUT2D eigenvalue weighted by Crippen LogP contribution is 2.37. The van der Waals surface area contributed by atoms with Crippen LogP contribution in [0.4, 0.5) is 0 Å². The van der Waals surface area contributed by atoms with Gasteiger partial charge in [0.05, 0.1) is 5.52 Å². The maximum absolute atomic E-state index is 6.62. The molecule has 1 aromatic carbocycles. The van der Waals surface area contributed by atoms with Crippen LogP contribution >= 0.6 is 11.6 Å². The van der Waals surface area contributed by atoms with Gasteiger partial charge in [-0.2, -0.15) is 0 Å². The quantitative estimate of drug-likeness (QED) is 0.842. The average molecular weight is 261 g/mol. The van der Waals surface area contributed by atoms with Crippen LogP contribution in [0.5, 0.6) is 0 Å². The molecule has 2 aromatic rings. The van der Waals surface area contributed by atoms with Crippen molar-refractivity contribution in [1.82, 2.24) is 4.98 Å². The zero-order chi connectivity index (χ0) is 12.6. The van der Waals surface area contributed by atoms with Crippen molar-refractivity contribution in [3.8, 4) is 0 Å². The van der Waals surface area contributed by atoms with Crippen LogP contribution in [-0.4, -0.2) is 4.98 Å². The molecule has 3 heteroatoms. The molecular weight excluding hydrogens is 244 g/mol. The smallest absolute Gasteiger partial charge is 0.0720 e. The molecule has 94 valence electrons. The first kappa shape index (κ1) is 11.9. The van der Waals surface area contributed by atoms with Crippen LogP contribution in [0.3, 0.4) is 0 Å². The van der Waals surface area contributed by atoms with Gasteiger partial charge in [0, 0.05) is 22.1 Å². The number of hydrogen-bond donors (Lipinski definition) is 1. The molecule has 1 saturated carbocycles. The summed E-state index contributed by atoms with van der Waals surface area (Å²) in [6.45, 7) is 0. The van der Waals surface area contributed by atoms with E-state index in [0.29, 0.717) is 0 Å². The summed E-state index contributed by atoms with van der Waals surface area (Å²) in [5, 5.41) is 1.87. The Kier molecular flexibility index (Phi) is 3.00. The molecule has 1 aliphatic carbocycles. The van der Waals surface area contributed by atoms with Crippen LogP contribution in [0.1, 0.15) is 37.7 Å². The largest absolute Gasteiger partial charge is 0.321 e. The highest BCUT2D eigenvalue weighted by Gasteiger charge is 2.30. The monoisotopic (exact) mass is 260 g/mol. The number of rotatable bonds is 1. The lowest BCUT2D eigenvalue weighted by Crippen LogP contribution is -2.38. The second-order valence-electron chi connectivity index (χ2n) is 5.24. The molecule has 0 saturated heterocycles. The van der Waals surface area contributed by atoms with E-state index in [2.05, 4.69) is 11.1 Å². The first-order valence-electron chi connectivity index (χ1n) is 6.53. The summed E-state index contributed by atoms with van der Waals surface area (Å²) in [5.74, 6) is 0. The molecule has 1 aliphatic rings. The molecule has 3 rings (SSSR count). The van der Waals surface area contributed by atoms with E-state index in [1.807, 2.05) is 24.4 Å². The molecular formula is C15H17ClN2. The summed E-state index contributed by atoms with van der Waals surface area (Å²) >= 11 is 6.02. The van der Waals surface area contributed by atoms with Crippen LogP contribution < -0.4 is 5.73 Å². The van der Waals surface area contributed by atoms with Gasteiger partial charge in [0.15, 0.2) is 0 Å². The van der Waals surface area contributed by atoms with Crippen LogP contribution in [-0.2, 0) is 5.54 Å². The first-order valence-corrected chi connectivity index (χ1v) is 6.90. The highest BCUT2D eigenvalue weighted by molar-refractivity contribution is 6.31. The number of fused-ring (bicyclic) bond motifs is 1. The van der Waals surface area contributed by atoms with Crippen molar-refractivity contribution in [2.75, 3.05) is 0 Å². The van der Waals surface area contributed by atoms with Gasteiger partial charge in [-0.3, -0.25) is 4.98 Å². The molecule has 2 N–H and O–H groups in total. The Balaban J connectivity index is 2.16. The average Bonchev–Trinajstić information content (AvgIpc) is 2.38. The summed E-state index contributed by atoms with van der Waals surface area (Å²) in [5.41, 5.74) is 8.60. The molecule has 1 aromatic heterocycles. The number of benzene rings is 1. The van der Waals surface area contributed by atoms with Crippen LogP contribution in [0, 0.1) is 0 Å². The van der Waals surface area contributed by atoms with E-state index in [0.717, 1.165) is 28.8 Å². The van der Waals surface area contributed by atoms with Crippen molar-refractivity contribution in [3.05, 3.63) is 41.0 Å². The predicted octanol–water partition coefficient (Wildman–Crippen LogP) is 4.01. The third-order valence-electron chi connectivity index (χ3n) is 3.99. The van der Waals surface area contributed by atoms with E-state index in [-0.39, 0.29) is 5.54 Å². The van der Waals surface area contributed by atoms with E-state index in [1.165, 1.54) is 24.8 Å². The predicted molar refractivity (Wildman–Crippen MR) is 75.7 cm³/mol. The molecule has 0 unspecified atom stereocenters. The molecule has 0 radical (unpaired) electrons. The Bertz CT molecular complexity index is 574. The van der Waals surface area contributed by atoms with E-state index in [9.17, 15) is 0 Å². The van der Waals surface area contributed by atoms with Crippen LogP contribution in [0.15, 0.2) is 30.5 Å². The maximum atomic E-state index is 6.62. The Morgan fingerprint density at radius 2 is 1.89 bits per heavy atom. The van der Waals surface area contributed by atoms with E-state index in [1.54, 1.807) is 0 Å². The minimum Gasteiger partial charge on any atom is -0.321 e. The van der Waals surface area contributed by atoms with Crippen molar-refractivity contribution in [2.45, 2.75) is 37.6 Å². The summed E-state index contributed by atoms with van der Waals surface area (Å²) in [6.07, 6.45) is 7.70. The van der Waals surface area contributed by atoms with E-state index in [4.69, 9.17) is 17.3 Å². The molecule has 1 fully saturated rings. The third-order valence-corrected chi connectivity index (χ3v) is 4.22. The standard InChI is InChI=1S/C15H17ClN2/c16-11-4-5-12-13(6-9-18-14(12)10-11)15(17)7-2-1-3-8-15/h4-6,9-10H,1-3,7-8,17H2. The molecule has 0 amide bonds. The van der Waals surface area contributed by atoms with Gasteiger partial charge in [-0.05, 0) is 36.6 Å². The summed E-state index contributed by atoms with van der Waals surface area (Å²) in [4.78, 5) is 4.39. The van der Waals surface area contributed by atoms with Crippen molar-refractivity contribution >= 4 is 22.5 Å². The fourth-order valence-electron chi connectivity index (χ4n) is 3.01. The van der Waals surface area contributed by atoms with Gasteiger partial charge < -0.3 is 5.73 Å². The van der Waals surface area contributed by atoms with Gasteiger partial charge in [0.25, 0.3) is 0 Å². The first-order chi connectivity index (χ1) is 8.69. The number of halogens is 1. The fraction of sp³-hybridized carbons (Fsp3) is 0.400. The van der Waals surface area contributed by atoms with Gasteiger partial charge in [0.1, 0.15) is 0 Å². The Morgan fingerprint density at radius 1 is 1.11 bits per heavy atom. The van der Waals surface area contributed by atoms with Crippen LogP contribution in [0.25, 0.3) is 10.9 Å². The lowest BCUT2D eigenvalue weighted by molar-refractivity contribution is 0.304. The number of pyridine rings is 1. The van der Waals surface area contributed by atoms with E-state index < -0.39 is 0 Å². The van der Waals surface area contributed by atoms with Crippen molar-refractivity contribution < 1.29 is 0 Å². The second kappa shape index (κ2) is 4.52. The van der Waals surface area contributed by atoms with E-state index >= 15 is 0 Å². The Labute approximate surface area is 112 Å². The lowest BCUT2D eigenvalue weighted by Gasteiger charge is -2.34. The Morgan fingerprint density at radius 3 is 2.67 bits per heavy atom. The number of hydrogen-bond acceptors (Lipinski definition) is 2. The fourth-order valence-corrected chi connectivity index (χ4v) is 3.17. The number of nitrogens with zero attached hydrogens (tertiary/aromatic N) is 1. The lowest BCUT2D eigenvalue weighted by atomic mass is 9.76. The van der Waals surface area contributed by atoms with Crippen molar-refractivity contribution in [2.24, 2.45) is 5.73 Å². The Hall–Kier alpha value is -1.12. The highest BCUT2D eigenvalue weighted by atomic mass is 35.5. The zero-order valence-electron chi connectivity index (χ0n) is 10.3. The number of aromatic nitrogens is 1. The molecule has 0 aliphatic heterocycles. The molecule has 0 spiro atoms. The number of nitrogens with two attached hydrogens (primary N) is 1. The minimum absolute atomic E-state index is 0.187. The molecule has 1 heterocycles. The van der Waals surface area contributed by atoms with Gasteiger partial charge in [0.2, 0.25) is 0 Å². The SMILES string of the molecule is NC1(c2ccnc3cc(Cl)ccc23)CCCCC1. The van der Waals surface area contributed by atoms with Gasteiger partial charge >= 0.3 is 0 Å². The summed E-state index contributed by atoms with van der Waals surface area (Å²) in [7, 11) is 0. The molecule has 2 nitrogen and oxygen atoms in total.